The number of nitrogens with zero attached hydrogens (tertiary/aromatic N) is 2. The Morgan fingerprint density at radius 3 is 2.93 bits per heavy atom. The van der Waals surface area contributed by atoms with Crippen molar-refractivity contribution in [3.63, 3.8) is 0 Å². The molecule has 3 aliphatic carbocycles. The van der Waals surface area contributed by atoms with Gasteiger partial charge < -0.3 is 14.6 Å². The molecule has 0 radical (unpaired) electrons. The largest absolute Gasteiger partial charge is 0.383 e. The molecule has 3 fully saturated rings. The van der Waals surface area contributed by atoms with Gasteiger partial charge in [0.25, 0.3) is 0 Å². The van der Waals surface area contributed by atoms with Gasteiger partial charge in [0.1, 0.15) is 0 Å². The molecule has 0 unspecified atom stereocenters. The fraction of sp³-hybridized carbons (Fsp3) is 0.619. The van der Waals surface area contributed by atoms with Crippen LogP contribution in [0.25, 0.3) is 10.2 Å². The van der Waals surface area contributed by atoms with Crippen molar-refractivity contribution in [2.75, 3.05) is 20.3 Å². The van der Waals surface area contributed by atoms with E-state index in [4.69, 9.17) is 4.74 Å². The van der Waals surface area contributed by atoms with Crippen LogP contribution < -0.4 is 10.1 Å². The van der Waals surface area contributed by atoms with Crippen LogP contribution in [0.5, 0.6) is 0 Å². The summed E-state index contributed by atoms with van der Waals surface area (Å²) in [5.41, 5.74) is 1.54. The second-order valence-corrected chi connectivity index (χ2v) is 9.50. The predicted octanol–water partition coefficient (Wildman–Crippen LogP) is 4.03. The number of hydrogen-bond donors (Lipinski definition) is 1. The summed E-state index contributed by atoms with van der Waals surface area (Å²) in [6.45, 7) is 6.80. The first-order valence-electron chi connectivity index (χ1n) is 9.90. The number of amides is 2. The monoisotopic (exact) mass is 387 g/mol. The van der Waals surface area contributed by atoms with Crippen molar-refractivity contribution in [3.8, 4) is 0 Å². The van der Waals surface area contributed by atoms with Gasteiger partial charge in [-0.3, -0.25) is 0 Å². The van der Waals surface area contributed by atoms with E-state index >= 15 is 0 Å². The number of fused-ring (bicyclic) bond motifs is 3. The normalized spacial score (nSPS) is 26.8. The van der Waals surface area contributed by atoms with Crippen LogP contribution in [0.2, 0.25) is 0 Å². The van der Waals surface area contributed by atoms with Gasteiger partial charge in [0.2, 0.25) is 0 Å². The van der Waals surface area contributed by atoms with Crippen LogP contribution in [0, 0.1) is 23.2 Å². The van der Waals surface area contributed by atoms with Crippen LogP contribution in [-0.4, -0.2) is 30.9 Å². The third-order valence-electron chi connectivity index (χ3n) is 6.82. The average Bonchev–Trinajstić information content (AvgIpc) is 3.01. The minimum atomic E-state index is -0.230. The molecular formula is C21H29N3O2S. The van der Waals surface area contributed by atoms with Crippen molar-refractivity contribution in [2.45, 2.75) is 39.7 Å². The number of hydrogen-bond acceptors (Lipinski definition) is 3. The van der Waals surface area contributed by atoms with Gasteiger partial charge in [-0.25, -0.2) is 4.79 Å². The number of nitrogens with one attached hydrogen (secondary N) is 1. The van der Waals surface area contributed by atoms with Crippen LogP contribution in [0.1, 0.15) is 33.1 Å². The van der Waals surface area contributed by atoms with Crippen molar-refractivity contribution < 1.29 is 9.53 Å². The summed E-state index contributed by atoms with van der Waals surface area (Å²) in [6, 6.07) is 7.93. The minimum Gasteiger partial charge on any atom is -0.383 e. The van der Waals surface area contributed by atoms with E-state index in [0.717, 1.165) is 33.4 Å². The van der Waals surface area contributed by atoms with Crippen molar-refractivity contribution in [2.24, 2.45) is 28.2 Å². The number of thiazole rings is 1. The summed E-state index contributed by atoms with van der Waals surface area (Å²) in [7, 11) is 1.69. The van der Waals surface area contributed by atoms with E-state index in [0.29, 0.717) is 24.5 Å². The van der Waals surface area contributed by atoms with Crippen molar-refractivity contribution >= 4 is 27.6 Å². The van der Waals surface area contributed by atoms with Gasteiger partial charge in [-0.2, -0.15) is 4.99 Å². The molecular weight excluding hydrogens is 358 g/mol. The number of ether oxygens (including phenoxy) is 1. The molecule has 2 amide bonds. The molecule has 3 aliphatic rings. The maximum absolute atomic E-state index is 12.5. The maximum Gasteiger partial charge on any atom is 0.343 e. The SMILES string of the molecule is COCCn1/c(=N/C(=O)NC[C@@H]2CC[C@H]3C[C@@H]2C3(C)C)sc2ccccc21. The van der Waals surface area contributed by atoms with E-state index < -0.39 is 0 Å². The number of aromatic nitrogens is 1. The molecule has 1 N–H and O–H groups in total. The molecule has 3 saturated carbocycles. The zero-order valence-electron chi connectivity index (χ0n) is 16.4. The Morgan fingerprint density at radius 1 is 1.37 bits per heavy atom. The fourth-order valence-corrected chi connectivity index (χ4v) is 6.11. The highest BCUT2D eigenvalue weighted by molar-refractivity contribution is 7.16. The Bertz CT molecular complexity index is 896. The molecule has 0 saturated heterocycles. The Labute approximate surface area is 164 Å². The van der Waals surface area contributed by atoms with Gasteiger partial charge in [-0.1, -0.05) is 37.3 Å². The lowest BCUT2D eigenvalue weighted by Crippen LogP contribution is -2.54. The van der Waals surface area contributed by atoms with Gasteiger partial charge in [0, 0.05) is 20.2 Å². The minimum absolute atomic E-state index is 0.230. The molecule has 2 aromatic rings. The Hall–Kier alpha value is -1.66. The van der Waals surface area contributed by atoms with Crippen molar-refractivity contribution in [1.29, 1.82) is 0 Å². The molecule has 6 heteroatoms. The Kier molecular flexibility index (Phi) is 5.12. The van der Waals surface area contributed by atoms with Gasteiger partial charge in [-0.15, -0.1) is 0 Å². The van der Waals surface area contributed by atoms with Gasteiger partial charge in [0.05, 0.1) is 16.8 Å². The van der Waals surface area contributed by atoms with Crippen LogP contribution in [-0.2, 0) is 11.3 Å². The van der Waals surface area contributed by atoms with E-state index in [-0.39, 0.29) is 6.03 Å². The zero-order chi connectivity index (χ0) is 19.0. The maximum atomic E-state index is 12.5. The van der Waals surface area contributed by atoms with E-state index in [1.165, 1.54) is 19.3 Å². The fourth-order valence-electron chi connectivity index (χ4n) is 5.06. The number of rotatable bonds is 5. The quantitative estimate of drug-likeness (QED) is 0.842. The predicted molar refractivity (Wildman–Crippen MR) is 109 cm³/mol. The van der Waals surface area contributed by atoms with Crippen molar-refractivity contribution in [1.82, 2.24) is 9.88 Å². The molecule has 3 atom stereocenters. The molecule has 1 aromatic heterocycles. The number of benzene rings is 1. The van der Waals surface area contributed by atoms with E-state index in [1.54, 1.807) is 18.4 Å². The average molecular weight is 388 g/mol. The number of urea groups is 1. The lowest BCUT2D eigenvalue weighted by atomic mass is 9.45. The lowest BCUT2D eigenvalue weighted by Gasteiger charge is -2.60. The topological polar surface area (TPSA) is 55.6 Å². The second-order valence-electron chi connectivity index (χ2n) is 8.49. The summed E-state index contributed by atoms with van der Waals surface area (Å²) < 4.78 is 8.43. The summed E-state index contributed by atoms with van der Waals surface area (Å²) in [5, 5.41) is 3.08. The molecule has 2 bridgehead atoms. The first-order valence-corrected chi connectivity index (χ1v) is 10.7. The molecule has 1 aromatic carbocycles. The third kappa shape index (κ3) is 3.45. The molecule has 0 spiro atoms. The number of carbonyl (C=O) groups is 1. The Balaban J connectivity index is 1.49. The standard InChI is InChI=1S/C21H29N3O2S/c1-21(2)15-9-8-14(16(21)12-15)13-22-19(25)23-20-24(10-11-26-3)17-6-4-5-7-18(17)27-20/h4-7,14-16H,8-13H2,1-3H3,(H,22,25)/b23-20-/t14-,15-,16-/m0/s1. The number of carbonyl (C=O) groups excluding carboxylic acids is 1. The summed E-state index contributed by atoms with van der Waals surface area (Å²) >= 11 is 1.55. The van der Waals surface area contributed by atoms with E-state index in [1.807, 2.05) is 12.1 Å². The smallest absolute Gasteiger partial charge is 0.343 e. The summed E-state index contributed by atoms with van der Waals surface area (Å²) in [6.07, 6.45) is 3.86. The molecule has 0 aliphatic heterocycles. The molecule has 5 nitrogen and oxygen atoms in total. The third-order valence-corrected chi connectivity index (χ3v) is 7.88. The van der Waals surface area contributed by atoms with Gasteiger partial charge >= 0.3 is 6.03 Å². The van der Waals surface area contributed by atoms with Gasteiger partial charge in [0.15, 0.2) is 4.80 Å². The van der Waals surface area contributed by atoms with E-state index in [2.05, 4.69) is 40.9 Å². The first kappa shape index (κ1) is 18.7. The molecule has 27 heavy (non-hydrogen) atoms. The van der Waals surface area contributed by atoms with Crippen molar-refractivity contribution in [3.05, 3.63) is 29.1 Å². The van der Waals surface area contributed by atoms with Gasteiger partial charge in [-0.05, 0) is 54.6 Å². The first-order chi connectivity index (χ1) is 13.0. The van der Waals surface area contributed by atoms with Crippen LogP contribution in [0.4, 0.5) is 4.79 Å². The highest BCUT2D eigenvalue weighted by atomic mass is 32.1. The molecule has 146 valence electrons. The highest BCUT2D eigenvalue weighted by Crippen LogP contribution is 2.61. The number of para-hydroxylation sites is 1. The number of methoxy groups -OCH3 is 1. The van der Waals surface area contributed by atoms with E-state index in [9.17, 15) is 4.79 Å². The Morgan fingerprint density at radius 2 is 2.19 bits per heavy atom. The van der Waals surface area contributed by atoms with Crippen LogP contribution >= 0.6 is 11.3 Å². The molecule has 5 rings (SSSR count). The zero-order valence-corrected chi connectivity index (χ0v) is 17.2. The lowest BCUT2D eigenvalue weighted by molar-refractivity contribution is -0.103. The van der Waals surface area contributed by atoms with Crippen LogP contribution in [0.3, 0.4) is 0 Å². The second kappa shape index (κ2) is 7.40. The summed E-state index contributed by atoms with van der Waals surface area (Å²) in [4.78, 5) is 17.6. The summed E-state index contributed by atoms with van der Waals surface area (Å²) in [5.74, 6) is 2.22. The van der Waals surface area contributed by atoms with Crippen LogP contribution in [0.15, 0.2) is 29.3 Å². The molecule has 1 heterocycles. The highest BCUT2D eigenvalue weighted by Gasteiger charge is 2.53.